The van der Waals surface area contributed by atoms with Crippen LogP contribution < -0.4 is 10.1 Å². The van der Waals surface area contributed by atoms with E-state index in [4.69, 9.17) is 9.47 Å². The number of amides is 2. The number of carbonyl (C=O) groups excluding carboxylic acids is 1. The summed E-state index contributed by atoms with van der Waals surface area (Å²) in [4.78, 5) is 14.2. The number of hydrogen-bond donors (Lipinski definition) is 1. The molecule has 1 aromatic rings. The zero-order valence-corrected chi connectivity index (χ0v) is 13.7. The van der Waals surface area contributed by atoms with E-state index in [0.717, 1.165) is 29.9 Å². The molecular formula is C17H26N2O3. The minimum atomic E-state index is -0.0236. The molecule has 2 rings (SSSR count). The average Bonchev–Trinajstić information content (AvgIpc) is 2.72. The van der Waals surface area contributed by atoms with Crippen LogP contribution >= 0.6 is 0 Å². The normalized spacial score (nSPS) is 18.7. The van der Waals surface area contributed by atoms with Crippen LogP contribution in [0.3, 0.4) is 0 Å². The molecule has 0 bridgehead atoms. The van der Waals surface area contributed by atoms with Gasteiger partial charge in [0, 0.05) is 25.7 Å². The van der Waals surface area contributed by atoms with E-state index in [1.807, 2.05) is 30.9 Å². The van der Waals surface area contributed by atoms with E-state index < -0.39 is 0 Å². The van der Waals surface area contributed by atoms with Crippen LogP contribution in [0, 0.1) is 6.92 Å². The second kappa shape index (κ2) is 8.03. The number of ether oxygens (including phenoxy) is 2. The number of nitrogens with one attached hydrogen (secondary N) is 1. The fourth-order valence-electron chi connectivity index (χ4n) is 2.61. The number of nitrogens with zero attached hydrogens (tertiary/aromatic N) is 1. The third kappa shape index (κ3) is 4.37. The van der Waals surface area contributed by atoms with Crippen molar-refractivity contribution < 1.29 is 14.3 Å². The highest BCUT2D eigenvalue weighted by atomic mass is 16.5. The molecule has 1 aliphatic heterocycles. The number of aryl methyl sites for hydroxylation is 1. The van der Waals surface area contributed by atoms with Gasteiger partial charge in [0.2, 0.25) is 0 Å². The summed E-state index contributed by atoms with van der Waals surface area (Å²) < 4.78 is 11.0. The predicted molar refractivity (Wildman–Crippen MR) is 86.2 cm³/mol. The Labute approximate surface area is 132 Å². The fraction of sp³-hybridized carbons (Fsp3) is 0.588. The molecule has 1 heterocycles. The van der Waals surface area contributed by atoms with Crippen LogP contribution in [-0.4, -0.2) is 43.3 Å². The van der Waals surface area contributed by atoms with Crippen LogP contribution in [0.15, 0.2) is 18.2 Å². The van der Waals surface area contributed by atoms with Crippen LogP contribution in [0.25, 0.3) is 0 Å². The topological polar surface area (TPSA) is 50.8 Å². The summed E-state index contributed by atoms with van der Waals surface area (Å²) in [5.41, 5.74) is 2.16. The Morgan fingerprint density at radius 3 is 3.00 bits per heavy atom. The van der Waals surface area contributed by atoms with Gasteiger partial charge >= 0.3 is 6.03 Å². The minimum absolute atomic E-state index is 0.0236. The van der Waals surface area contributed by atoms with Crippen molar-refractivity contribution in [3.8, 4) is 5.75 Å². The van der Waals surface area contributed by atoms with E-state index in [0.29, 0.717) is 26.3 Å². The van der Waals surface area contributed by atoms with Gasteiger partial charge in [0.25, 0.3) is 0 Å². The first-order valence-corrected chi connectivity index (χ1v) is 7.96. The molecule has 0 unspecified atom stereocenters. The van der Waals surface area contributed by atoms with Gasteiger partial charge in [-0.25, -0.2) is 4.79 Å². The van der Waals surface area contributed by atoms with Gasteiger partial charge in [0.1, 0.15) is 5.75 Å². The maximum atomic E-state index is 12.3. The van der Waals surface area contributed by atoms with Crippen LogP contribution in [-0.2, 0) is 11.3 Å². The summed E-state index contributed by atoms with van der Waals surface area (Å²) in [5, 5.41) is 3.00. The molecule has 1 aromatic carbocycles. The van der Waals surface area contributed by atoms with Gasteiger partial charge in [-0.1, -0.05) is 12.1 Å². The van der Waals surface area contributed by atoms with Crippen LogP contribution in [0.4, 0.5) is 4.79 Å². The molecule has 0 aromatic heterocycles. The van der Waals surface area contributed by atoms with E-state index in [1.54, 1.807) is 0 Å². The molecule has 0 saturated carbocycles. The molecule has 2 amide bonds. The monoisotopic (exact) mass is 306 g/mol. The molecule has 0 spiro atoms. The lowest BCUT2D eigenvalue weighted by atomic mass is 10.1. The smallest absolute Gasteiger partial charge is 0.317 e. The molecule has 5 heteroatoms. The van der Waals surface area contributed by atoms with Crippen molar-refractivity contribution >= 4 is 6.03 Å². The highest BCUT2D eigenvalue weighted by molar-refractivity contribution is 5.74. The molecule has 22 heavy (non-hydrogen) atoms. The lowest BCUT2D eigenvalue weighted by molar-refractivity contribution is 0.142. The highest BCUT2D eigenvalue weighted by Crippen LogP contribution is 2.19. The Balaban J connectivity index is 1.91. The maximum Gasteiger partial charge on any atom is 0.317 e. The Morgan fingerprint density at radius 2 is 2.27 bits per heavy atom. The Bertz CT molecular complexity index is 505. The molecule has 1 aliphatic rings. The molecular weight excluding hydrogens is 280 g/mol. The van der Waals surface area contributed by atoms with Gasteiger partial charge in [-0.2, -0.15) is 0 Å². The molecule has 0 aliphatic carbocycles. The molecule has 1 saturated heterocycles. The first kappa shape index (κ1) is 16.6. The highest BCUT2D eigenvalue weighted by Gasteiger charge is 2.21. The zero-order chi connectivity index (χ0) is 15.9. The van der Waals surface area contributed by atoms with Gasteiger partial charge in [0.15, 0.2) is 0 Å². The van der Waals surface area contributed by atoms with Crippen LogP contribution in [0.5, 0.6) is 5.75 Å². The van der Waals surface area contributed by atoms with Crippen molar-refractivity contribution in [3.05, 3.63) is 29.3 Å². The number of carbonyl (C=O) groups is 1. The summed E-state index contributed by atoms with van der Waals surface area (Å²) in [6, 6.07) is 6.20. The van der Waals surface area contributed by atoms with Crippen molar-refractivity contribution in [1.29, 1.82) is 0 Å². The Hall–Kier alpha value is -1.75. The standard InChI is InChI=1S/C17H26N2O3/c1-4-22-16-6-5-15(11-13(16)2)12-18-17(20)19-8-10-21-9-7-14(19)3/h5-6,11,14H,4,7-10,12H2,1-3H3,(H,18,20)/t14-/m1/s1. The van der Waals surface area contributed by atoms with Gasteiger partial charge in [-0.05, 0) is 44.4 Å². The molecule has 1 atom stereocenters. The average molecular weight is 306 g/mol. The fourth-order valence-corrected chi connectivity index (χ4v) is 2.61. The van der Waals surface area contributed by atoms with Gasteiger partial charge in [0.05, 0.1) is 13.2 Å². The van der Waals surface area contributed by atoms with Crippen LogP contribution in [0.2, 0.25) is 0 Å². The summed E-state index contributed by atoms with van der Waals surface area (Å²) in [6.07, 6.45) is 0.885. The van der Waals surface area contributed by atoms with Gasteiger partial charge in [-0.3, -0.25) is 0 Å². The van der Waals surface area contributed by atoms with Crippen molar-refractivity contribution in [2.24, 2.45) is 0 Å². The molecule has 0 radical (unpaired) electrons. The van der Waals surface area contributed by atoms with Crippen molar-refractivity contribution in [3.63, 3.8) is 0 Å². The second-order valence-corrected chi connectivity index (χ2v) is 5.64. The first-order chi connectivity index (χ1) is 10.6. The first-order valence-electron chi connectivity index (χ1n) is 7.96. The third-order valence-electron chi connectivity index (χ3n) is 3.93. The lowest BCUT2D eigenvalue weighted by Crippen LogP contribution is -2.45. The maximum absolute atomic E-state index is 12.3. The summed E-state index contributed by atoms with van der Waals surface area (Å²) >= 11 is 0. The van der Waals surface area contributed by atoms with Gasteiger partial charge in [-0.15, -0.1) is 0 Å². The van der Waals surface area contributed by atoms with E-state index in [-0.39, 0.29) is 12.1 Å². The van der Waals surface area contributed by atoms with E-state index in [9.17, 15) is 4.79 Å². The van der Waals surface area contributed by atoms with E-state index in [2.05, 4.69) is 18.3 Å². The molecule has 1 N–H and O–H groups in total. The van der Waals surface area contributed by atoms with Crippen molar-refractivity contribution in [1.82, 2.24) is 10.2 Å². The largest absolute Gasteiger partial charge is 0.494 e. The Morgan fingerprint density at radius 1 is 1.45 bits per heavy atom. The molecule has 122 valence electrons. The lowest BCUT2D eigenvalue weighted by Gasteiger charge is -2.26. The van der Waals surface area contributed by atoms with Gasteiger partial charge < -0.3 is 19.7 Å². The van der Waals surface area contributed by atoms with Crippen LogP contribution in [0.1, 0.15) is 31.4 Å². The summed E-state index contributed by atoms with van der Waals surface area (Å²) in [7, 11) is 0. The summed E-state index contributed by atoms with van der Waals surface area (Å²) in [5.74, 6) is 0.899. The number of rotatable bonds is 4. The third-order valence-corrected chi connectivity index (χ3v) is 3.93. The minimum Gasteiger partial charge on any atom is -0.494 e. The predicted octanol–water partition coefficient (Wildman–Crippen LogP) is 2.71. The number of urea groups is 1. The Kier molecular flexibility index (Phi) is 6.07. The number of hydrogen-bond acceptors (Lipinski definition) is 3. The zero-order valence-electron chi connectivity index (χ0n) is 13.7. The second-order valence-electron chi connectivity index (χ2n) is 5.64. The summed E-state index contributed by atoms with van der Waals surface area (Å²) in [6.45, 7) is 9.22. The van der Waals surface area contributed by atoms with E-state index >= 15 is 0 Å². The number of benzene rings is 1. The molecule has 5 nitrogen and oxygen atoms in total. The van der Waals surface area contributed by atoms with Crippen molar-refractivity contribution in [2.75, 3.05) is 26.4 Å². The van der Waals surface area contributed by atoms with E-state index in [1.165, 1.54) is 0 Å². The SMILES string of the molecule is CCOc1ccc(CNC(=O)N2CCOCC[C@H]2C)cc1C. The molecule has 1 fully saturated rings. The quantitative estimate of drug-likeness (QED) is 0.930. The van der Waals surface area contributed by atoms with Crippen molar-refractivity contribution in [2.45, 2.75) is 39.8 Å².